The molecule has 2 heterocycles. The molecule has 0 N–H and O–H groups in total. The molecule has 1 aliphatic heterocycles. The molecule has 18 heavy (non-hydrogen) atoms. The maximum atomic E-state index is 13.0. The predicted molar refractivity (Wildman–Crippen MR) is 63.5 cm³/mol. The summed E-state index contributed by atoms with van der Waals surface area (Å²) in [6.45, 7) is 3.28. The second-order valence-electron chi connectivity index (χ2n) is 4.33. The molecule has 1 aliphatic rings. The second kappa shape index (κ2) is 5.30. The molecule has 6 heteroatoms. The summed E-state index contributed by atoms with van der Waals surface area (Å²) in [5, 5.41) is 3.37. The summed E-state index contributed by atoms with van der Waals surface area (Å²) >= 11 is 0. The Bertz CT molecular complexity index is 447. The first-order valence-corrected chi connectivity index (χ1v) is 5.90. The molecule has 0 saturated carbocycles. The molecular weight excluding hydrogens is 237 g/mol. The van der Waals surface area contributed by atoms with Gasteiger partial charge in [0.05, 0.1) is 6.20 Å². The summed E-state index contributed by atoms with van der Waals surface area (Å²) in [5.41, 5.74) is 0.351. The van der Waals surface area contributed by atoms with Crippen LogP contribution in [0.15, 0.2) is 12.3 Å². The van der Waals surface area contributed by atoms with Gasteiger partial charge in [0, 0.05) is 25.7 Å². The van der Waals surface area contributed by atoms with Gasteiger partial charge in [0.25, 0.3) is 0 Å². The fourth-order valence-corrected chi connectivity index (χ4v) is 1.87. The minimum absolute atomic E-state index is 0.255. The lowest BCUT2D eigenvalue weighted by atomic mass is 10.3. The minimum atomic E-state index is -0.553. The Balaban J connectivity index is 1.99. The number of hydrogen-bond donors (Lipinski definition) is 0. The smallest absolute Gasteiger partial charge is 0.408 e. The van der Waals surface area contributed by atoms with Crippen molar-refractivity contribution in [2.24, 2.45) is 0 Å². The summed E-state index contributed by atoms with van der Waals surface area (Å²) in [6.07, 6.45) is 2.88. The predicted octanol–water partition coefficient (Wildman–Crippen LogP) is 1.97. The number of rotatable bonds is 2. The van der Waals surface area contributed by atoms with Crippen molar-refractivity contribution < 1.29 is 13.9 Å². The van der Waals surface area contributed by atoms with Crippen molar-refractivity contribution in [1.29, 1.82) is 0 Å². The normalized spacial score (nSPS) is 15.7. The van der Waals surface area contributed by atoms with Gasteiger partial charge < -0.3 is 4.74 Å². The maximum absolute atomic E-state index is 13.0. The molecule has 0 spiro atoms. The van der Waals surface area contributed by atoms with Crippen LogP contribution in [0.25, 0.3) is 0 Å². The number of hydrogen-bond acceptors (Lipinski definition) is 4. The first-order chi connectivity index (χ1) is 8.58. The third kappa shape index (κ3) is 2.76. The summed E-state index contributed by atoms with van der Waals surface area (Å²) in [4.78, 5) is 15.3. The molecule has 98 valence electrons. The lowest BCUT2D eigenvalue weighted by Gasteiger charge is -2.26. The molecule has 0 bridgehead atoms. The van der Waals surface area contributed by atoms with Crippen LogP contribution >= 0.6 is 0 Å². The third-order valence-corrected chi connectivity index (χ3v) is 2.97. The molecule has 0 atom stereocenters. The number of carbonyl (C=O) groups is 1. The summed E-state index contributed by atoms with van der Waals surface area (Å²) in [7, 11) is 1.66. The lowest BCUT2D eigenvalue weighted by molar-refractivity contribution is 0.0353. The molecular formula is C12H16FN3O2. The number of ether oxygens (including phenoxy) is 1. The van der Waals surface area contributed by atoms with E-state index in [2.05, 4.69) is 4.98 Å². The van der Waals surface area contributed by atoms with E-state index in [1.165, 1.54) is 17.3 Å². The first-order valence-electron chi connectivity index (χ1n) is 5.90. The van der Waals surface area contributed by atoms with E-state index in [4.69, 9.17) is 4.74 Å². The van der Waals surface area contributed by atoms with Gasteiger partial charge >= 0.3 is 6.09 Å². The summed E-state index contributed by atoms with van der Waals surface area (Å²) < 4.78 is 18.1. The number of halogens is 1. The number of aromatic nitrogens is 1. The molecule has 1 aromatic rings. The van der Waals surface area contributed by atoms with Gasteiger partial charge in [-0.15, -0.1) is 0 Å². The van der Waals surface area contributed by atoms with E-state index in [1.807, 2.05) is 5.01 Å². The quantitative estimate of drug-likeness (QED) is 0.756. The van der Waals surface area contributed by atoms with Crippen molar-refractivity contribution in [2.75, 3.05) is 20.1 Å². The molecule has 0 unspecified atom stereocenters. The van der Waals surface area contributed by atoms with Crippen molar-refractivity contribution in [1.82, 2.24) is 15.0 Å². The van der Waals surface area contributed by atoms with Crippen LogP contribution < -0.4 is 4.74 Å². The highest BCUT2D eigenvalue weighted by molar-refractivity contribution is 5.69. The molecule has 2 rings (SSSR count). The average molecular weight is 253 g/mol. The Hall–Kier alpha value is -1.69. The number of amides is 1. The van der Waals surface area contributed by atoms with E-state index in [9.17, 15) is 9.18 Å². The van der Waals surface area contributed by atoms with Crippen molar-refractivity contribution in [2.45, 2.75) is 19.8 Å². The average Bonchev–Trinajstić information content (AvgIpc) is 2.86. The Labute approximate surface area is 105 Å². The second-order valence-corrected chi connectivity index (χ2v) is 4.33. The third-order valence-electron chi connectivity index (χ3n) is 2.97. The van der Waals surface area contributed by atoms with E-state index >= 15 is 0 Å². The molecule has 1 amide bonds. The number of aryl methyl sites for hydroxylation is 1. The van der Waals surface area contributed by atoms with Crippen LogP contribution in [-0.4, -0.2) is 41.2 Å². The van der Waals surface area contributed by atoms with Crippen LogP contribution in [-0.2, 0) is 0 Å². The standard InChI is InChI=1S/C12H16FN3O2/c1-9-7-10(8-14-11(9)13)18-12(17)15(2)16-5-3-4-6-16/h7-8H,3-6H2,1-2H3. The zero-order chi connectivity index (χ0) is 13.1. The van der Waals surface area contributed by atoms with Gasteiger partial charge in [0.15, 0.2) is 5.75 Å². The van der Waals surface area contributed by atoms with E-state index < -0.39 is 12.0 Å². The molecule has 0 aromatic carbocycles. The van der Waals surface area contributed by atoms with E-state index in [-0.39, 0.29) is 5.75 Å². The number of pyridine rings is 1. The van der Waals surface area contributed by atoms with Crippen molar-refractivity contribution in [3.05, 3.63) is 23.8 Å². The van der Waals surface area contributed by atoms with Gasteiger partial charge in [-0.3, -0.25) is 0 Å². The summed E-state index contributed by atoms with van der Waals surface area (Å²) in [6, 6.07) is 1.46. The van der Waals surface area contributed by atoms with Crippen molar-refractivity contribution in [3.8, 4) is 5.75 Å². The highest BCUT2D eigenvalue weighted by Gasteiger charge is 2.22. The summed E-state index contributed by atoms with van der Waals surface area (Å²) in [5.74, 6) is -0.298. The zero-order valence-electron chi connectivity index (χ0n) is 10.5. The van der Waals surface area contributed by atoms with E-state index in [0.717, 1.165) is 25.9 Å². The topological polar surface area (TPSA) is 45.7 Å². The number of nitrogens with zero attached hydrogens (tertiary/aromatic N) is 3. The lowest BCUT2D eigenvalue weighted by Crippen LogP contribution is -2.43. The van der Waals surface area contributed by atoms with Crippen LogP contribution in [0.2, 0.25) is 0 Å². The molecule has 5 nitrogen and oxygen atoms in total. The fourth-order valence-electron chi connectivity index (χ4n) is 1.87. The Morgan fingerprint density at radius 1 is 1.50 bits per heavy atom. The Morgan fingerprint density at radius 2 is 2.17 bits per heavy atom. The minimum Gasteiger partial charge on any atom is -0.408 e. The van der Waals surface area contributed by atoms with Gasteiger partial charge in [-0.2, -0.15) is 4.39 Å². The largest absolute Gasteiger partial charge is 0.429 e. The van der Waals surface area contributed by atoms with Gasteiger partial charge in [0.2, 0.25) is 5.95 Å². The zero-order valence-corrected chi connectivity index (χ0v) is 10.5. The molecule has 1 aromatic heterocycles. The van der Waals surface area contributed by atoms with Crippen molar-refractivity contribution in [3.63, 3.8) is 0 Å². The fraction of sp³-hybridized carbons (Fsp3) is 0.500. The number of carbonyl (C=O) groups excluding carboxylic acids is 1. The molecule has 0 radical (unpaired) electrons. The van der Waals surface area contributed by atoms with Crippen LogP contribution in [0.4, 0.5) is 9.18 Å². The monoisotopic (exact) mass is 253 g/mol. The highest BCUT2D eigenvalue weighted by Crippen LogP contribution is 2.16. The van der Waals surface area contributed by atoms with Gasteiger partial charge in [-0.05, 0) is 25.8 Å². The van der Waals surface area contributed by atoms with E-state index in [1.54, 1.807) is 14.0 Å². The van der Waals surface area contributed by atoms with Gasteiger partial charge in [0.1, 0.15) is 0 Å². The highest BCUT2D eigenvalue weighted by atomic mass is 19.1. The van der Waals surface area contributed by atoms with Crippen LogP contribution in [0.3, 0.4) is 0 Å². The Morgan fingerprint density at radius 3 is 2.78 bits per heavy atom. The van der Waals surface area contributed by atoms with Crippen molar-refractivity contribution >= 4 is 6.09 Å². The van der Waals surface area contributed by atoms with Gasteiger partial charge in [-0.25, -0.2) is 19.8 Å². The van der Waals surface area contributed by atoms with Gasteiger partial charge in [-0.1, -0.05) is 0 Å². The number of hydrazine groups is 1. The maximum Gasteiger partial charge on any atom is 0.429 e. The first kappa shape index (κ1) is 12.8. The Kier molecular flexibility index (Phi) is 3.76. The molecule has 1 fully saturated rings. The molecule has 0 aliphatic carbocycles. The van der Waals surface area contributed by atoms with E-state index in [0.29, 0.717) is 5.56 Å². The van der Waals surface area contributed by atoms with Crippen LogP contribution in [0, 0.1) is 12.9 Å². The van der Waals surface area contributed by atoms with Crippen LogP contribution in [0.5, 0.6) is 5.75 Å². The SMILES string of the molecule is Cc1cc(OC(=O)N(C)N2CCCC2)cnc1F. The molecule has 1 saturated heterocycles. The van der Waals surface area contributed by atoms with Crippen LogP contribution in [0.1, 0.15) is 18.4 Å².